The van der Waals surface area contributed by atoms with Gasteiger partial charge in [-0.3, -0.25) is 4.79 Å². The molecule has 2 heterocycles. The Bertz CT molecular complexity index is 1480. The van der Waals surface area contributed by atoms with Gasteiger partial charge in [0.1, 0.15) is 11.0 Å². The predicted octanol–water partition coefficient (Wildman–Crippen LogP) is 4.62. The van der Waals surface area contributed by atoms with Crippen LogP contribution in [0.3, 0.4) is 0 Å². The third kappa shape index (κ3) is 5.56. The molecule has 1 amide bonds. The van der Waals surface area contributed by atoms with Crippen molar-refractivity contribution in [1.82, 2.24) is 4.72 Å². The number of carbonyl (C=O) groups excluding carboxylic acids is 1. The molecule has 0 saturated heterocycles. The number of hydrogen-bond donors (Lipinski definition) is 2. The predicted molar refractivity (Wildman–Crippen MR) is 163 cm³/mol. The normalized spacial score (nSPS) is 31.5. The Hall–Kier alpha value is -2.59. The molecule has 1 spiro atoms. The van der Waals surface area contributed by atoms with Crippen molar-refractivity contribution in [1.29, 1.82) is 0 Å². The molecule has 6 rings (SSSR count). The standard InChI is InChI=1S/C32H39ClN2O6S/c1-40-29-7-3-2-6-25(18-36)42(38,39)34-31(37)22-9-13-30-28(16-22)35(17-23-8-11-26(23)29)19-32(20-41-30)14-4-5-21-15-24(33)10-12-27(21)32/h3,7,9-10,12-13,15-16,23,25-26,29,36H,2,4-6,8,11,14,17-20H2,1H3,(H,34,37)/b7-3-/t23-,25-,26+,29-,32-/m0/s1. The van der Waals surface area contributed by atoms with Gasteiger partial charge in [-0.15, -0.1) is 0 Å². The van der Waals surface area contributed by atoms with E-state index >= 15 is 0 Å². The highest BCUT2D eigenvalue weighted by Crippen LogP contribution is 2.47. The van der Waals surface area contributed by atoms with Gasteiger partial charge in [-0.1, -0.05) is 29.8 Å². The topological polar surface area (TPSA) is 105 Å². The van der Waals surface area contributed by atoms with Gasteiger partial charge in [0.15, 0.2) is 0 Å². The van der Waals surface area contributed by atoms with Crippen LogP contribution >= 0.6 is 11.6 Å². The number of anilines is 1. The summed E-state index contributed by atoms with van der Waals surface area (Å²) in [5, 5.41) is 9.50. The van der Waals surface area contributed by atoms with Crippen LogP contribution in [-0.2, 0) is 26.6 Å². The van der Waals surface area contributed by atoms with E-state index in [1.807, 2.05) is 18.2 Å². The van der Waals surface area contributed by atoms with Crippen molar-refractivity contribution < 1.29 is 27.8 Å². The minimum atomic E-state index is -4.10. The lowest BCUT2D eigenvalue weighted by Crippen LogP contribution is -2.49. The van der Waals surface area contributed by atoms with Crippen molar-refractivity contribution in [3.05, 3.63) is 70.3 Å². The molecule has 2 aliphatic carbocycles. The molecule has 2 aromatic rings. The lowest BCUT2D eigenvalue weighted by atomic mass is 9.68. The van der Waals surface area contributed by atoms with Crippen LogP contribution in [0.5, 0.6) is 5.75 Å². The zero-order valence-electron chi connectivity index (χ0n) is 23.9. The number of aliphatic hydroxyl groups excluding tert-OH is 1. The zero-order valence-corrected chi connectivity index (χ0v) is 25.5. The van der Waals surface area contributed by atoms with Crippen molar-refractivity contribution in [2.24, 2.45) is 11.8 Å². The summed E-state index contributed by atoms with van der Waals surface area (Å²) in [5.41, 5.74) is 3.30. The van der Waals surface area contributed by atoms with Crippen molar-refractivity contribution in [3.63, 3.8) is 0 Å². The first-order chi connectivity index (χ1) is 20.2. The number of halogens is 1. The summed E-state index contributed by atoms with van der Waals surface area (Å²) < 4.78 is 40.8. The Kier molecular flexibility index (Phi) is 8.30. The molecule has 4 aliphatic rings. The van der Waals surface area contributed by atoms with Gasteiger partial charge in [0.05, 0.1) is 25.0 Å². The van der Waals surface area contributed by atoms with Crippen LogP contribution in [0, 0.1) is 11.8 Å². The quantitative estimate of drug-likeness (QED) is 0.476. The molecule has 0 unspecified atom stereocenters. The average Bonchev–Trinajstić information content (AvgIpc) is 3.10. The van der Waals surface area contributed by atoms with E-state index in [0.29, 0.717) is 37.2 Å². The largest absolute Gasteiger partial charge is 0.490 e. The van der Waals surface area contributed by atoms with Crippen LogP contribution < -0.4 is 14.4 Å². The SMILES string of the molecule is CO[C@H]1/C=C\CC[C@@H](CO)S(=O)(=O)NC(=O)c2ccc3c(c2)N(C[C@@H]2CC[C@H]21)C[C@@]1(CCCc2cc(Cl)ccc21)CO3. The minimum absolute atomic E-state index is 0.0823. The van der Waals surface area contributed by atoms with Crippen molar-refractivity contribution in [3.8, 4) is 5.75 Å². The monoisotopic (exact) mass is 614 g/mol. The molecule has 2 aliphatic heterocycles. The van der Waals surface area contributed by atoms with E-state index in [-0.39, 0.29) is 23.5 Å². The molecule has 226 valence electrons. The maximum Gasteiger partial charge on any atom is 0.264 e. The Morgan fingerprint density at radius 2 is 2.05 bits per heavy atom. The number of ether oxygens (including phenoxy) is 2. The van der Waals surface area contributed by atoms with Crippen molar-refractivity contribution >= 4 is 33.2 Å². The summed E-state index contributed by atoms with van der Waals surface area (Å²) in [7, 11) is -2.38. The number of fused-ring (bicyclic) bond motifs is 4. The first-order valence-electron chi connectivity index (χ1n) is 14.9. The highest BCUT2D eigenvalue weighted by Gasteiger charge is 2.44. The van der Waals surface area contributed by atoms with Crippen LogP contribution in [0.2, 0.25) is 5.02 Å². The molecule has 42 heavy (non-hydrogen) atoms. The molecule has 8 nitrogen and oxygen atoms in total. The van der Waals surface area contributed by atoms with Gasteiger partial charge in [0.2, 0.25) is 10.0 Å². The number of sulfonamides is 1. The molecular formula is C32H39ClN2O6S. The Morgan fingerprint density at radius 3 is 2.81 bits per heavy atom. The van der Waals surface area contributed by atoms with E-state index < -0.39 is 27.8 Å². The summed E-state index contributed by atoms with van der Waals surface area (Å²) in [4.78, 5) is 15.6. The van der Waals surface area contributed by atoms with Crippen LogP contribution in [0.15, 0.2) is 48.6 Å². The second-order valence-corrected chi connectivity index (χ2v) is 14.7. The smallest absolute Gasteiger partial charge is 0.264 e. The lowest BCUT2D eigenvalue weighted by molar-refractivity contribution is 0.0131. The fourth-order valence-electron chi connectivity index (χ4n) is 7.32. The number of nitrogens with one attached hydrogen (secondary N) is 1. The van der Waals surface area contributed by atoms with E-state index in [0.717, 1.165) is 49.4 Å². The number of rotatable bonds is 2. The van der Waals surface area contributed by atoms with Gasteiger partial charge in [-0.25, -0.2) is 13.1 Å². The fourth-order valence-corrected chi connectivity index (χ4v) is 8.70. The molecule has 10 heteroatoms. The van der Waals surface area contributed by atoms with Crippen LogP contribution in [0.4, 0.5) is 5.69 Å². The van der Waals surface area contributed by atoms with E-state index in [1.165, 1.54) is 11.1 Å². The first kappa shape index (κ1) is 29.5. The van der Waals surface area contributed by atoms with Crippen molar-refractivity contribution in [2.45, 2.75) is 61.7 Å². The number of hydrogen-bond acceptors (Lipinski definition) is 7. The fraction of sp³-hybridized carbons (Fsp3) is 0.531. The molecule has 0 aromatic heterocycles. The number of aryl methyl sites for hydroxylation is 1. The van der Waals surface area contributed by atoms with Gasteiger partial charge in [0, 0.05) is 36.2 Å². The number of allylic oxidation sites excluding steroid dienone is 1. The molecule has 1 saturated carbocycles. The number of benzene rings is 2. The summed E-state index contributed by atoms with van der Waals surface area (Å²) in [5.74, 6) is 0.674. The summed E-state index contributed by atoms with van der Waals surface area (Å²) in [6, 6.07) is 11.3. The second-order valence-electron chi connectivity index (χ2n) is 12.3. The first-order valence-corrected chi connectivity index (χ1v) is 16.8. The molecule has 2 aromatic carbocycles. The number of methoxy groups -OCH3 is 1. The molecule has 1 fully saturated rings. The molecule has 2 N–H and O–H groups in total. The van der Waals surface area contributed by atoms with Gasteiger partial charge in [0.25, 0.3) is 5.91 Å². The zero-order chi connectivity index (χ0) is 29.5. The number of carbonyl (C=O) groups is 1. The van der Waals surface area contributed by atoms with Crippen LogP contribution in [0.25, 0.3) is 0 Å². The van der Waals surface area contributed by atoms with E-state index in [4.69, 9.17) is 21.1 Å². The second kappa shape index (κ2) is 11.8. The van der Waals surface area contributed by atoms with Gasteiger partial charge in [-0.05, 0) is 98.2 Å². The molecular weight excluding hydrogens is 576 g/mol. The van der Waals surface area contributed by atoms with Crippen LogP contribution in [0.1, 0.15) is 60.0 Å². The highest BCUT2D eigenvalue weighted by molar-refractivity contribution is 7.90. The third-order valence-corrected chi connectivity index (χ3v) is 11.8. The van der Waals surface area contributed by atoms with Gasteiger partial charge < -0.3 is 19.5 Å². The Balaban J connectivity index is 1.42. The van der Waals surface area contributed by atoms with E-state index in [9.17, 15) is 18.3 Å². The van der Waals surface area contributed by atoms with Gasteiger partial charge in [-0.2, -0.15) is 0 Å². The summed E-state index contributed by atoms with van der Waals surface area (Å²) >= 11 is 6.39. The summed E-state index contributed by atoms with van der Waals surface area (Å²) in [6.45, 7) is 1.41. The molecule has 5 atom stereocenters. The average molecular weight is 615 g/mol. The minimum Gasteiger partial charge on any atom is -0.490 e. The Morgan fingerprint density at radius 1 is 1.19 bits per heavy atom. The maximum atomic E-state index is 13.3. The third-order valence-electron chi connectivity index (χ3n) is 9.78. The number of amides is 1. The van der Waals surface area contributed by atoms with Crippen molar-refractivity contribution in [2.75, 3.05) is 38.3 Å². The van der Waals surface area contributed by atoms with Crippen LogP contribution in [-0.4, -0.2) is 64.2 Å². The maximum absolute atomic E-state index is 13.3. The molecule has 0 radical (unpaired) electrons. The van der Waals surface area contributed by atoms with Gasteiger partial charge >= 0.3 is 0 Å². The number of nitrogens with zero attached hydrogens (tertiary/aromatic N) is 1. The van der Waals surface area contributed by atoms with E-state index in [2.05, 4.69) is 21.8 Å². The summed E-state index contributed by atoms with van der Waals surface area (Å²) in [6.07, 6.45) is 9.64. The highest BCUT2D eigenvalue weighted by atomic mass is 35.5. The number of aliphatic hydroxyl groups is 1. The lowest BCUT2D eigenvalue weighted by Gasteiger charge is -2.46. The van der Waals surface area contributed by atoms with E-state index in [1.54, 1.807) is 25.3 Å². The Labute approximate surface area is 253 Å². The molecule has 2 bridgehead atoms.